The molecule has 0 N–H and O–H groups in total. The van der Waals surface area contributed by atoms with Gasteiger partial charge >= 0.3 is 0 Å². The Kier molecular flexibility index (Phi) is 3.23. The van der Waals surface area contributed by atoms with Crippen molar-refractivity contribution >= 4 is 0 Å². The van der Waals surface area contributed by atoms with Gasteiger partial charge in [0.1, 0.15) is 0 Å². The van der Waals surface area contributed by atoms with Gasteiger partial charge in [0.25, 0.3) is 0 Å². The molecule has 1 saturated carbocycles. The van der Waals surface area contributed by atoms with Gasteiger partial charge in [-0.1, -0.05) is 38.8 Å². The summed E-state index contributed by atoms with van der Waals surface area (Å²) >= 11 is 0. The van der Waals surface area contributed by atoms with Gasteiger partial charge in [0.15, 0.2) is 0 Å². The molecule has 0 spiro atoms. The minimum atomic E-state index is 0.868. The number of hydrogen-bond acceptors (Lipinski definition) is 0. The van der Waals surface area contributed by atoms with Crippen LogP contribution in [0, 0.1) is 29.6 Å². The second-order valence-electron chi connectivity index (χ2n) is 6.28. The van der Waals surface area contributed by atoms with Crippen molar-refractivity contribution in [1.29, 1.82) is 0 Å². The third kappa shape index (κ3) is 2.14. The van der Waals surface area contributed by atoms with E-state index in [0.717, 1.165) is 29.6 Å². The summed E-state index contributed by atoms with van der Waals surface area (Å²) in [6.45, 7) is 9.64. The highest BCUT2D eigenvalue weighted by Crippen LogP contribution is 2.47. The molecule has 0 amide bonds. The van der Waals surface area contributed by atoms with Crippen LogP contribution in [0.2, 0.25) is 0 Å². The van der Waals surface area contributed by atoms with Gasteiger partial charge in [-0.2, -0.15) is 0 Å². The summed E-state index contributed by atoms with van der Waals surface area (Å²) in [6, 6.07) is 0. The predicted octanol–water partition coefficient (Wildman–Crippen LogP) is 4.66. The van der Waals surface area contributed by atoms with E-state index in [1.807, 2.05) is 0 Å². The Morgan fingerprint density at radius 2 is 2.00 bits per heavy atom. The highest BCUT2D eigenvalue weighted by Gasteiger charge is 2.37. The minimum Gasteiger partial charge on any atom is -0.0850 e. The molecule has 0 heteroatoms. The van der Waals surface area contributed by atoms with E-state index in [0.29, 0.717) is 0 Å². The quantitative estimate of drug-likeness (QED) is 0.547. The van der Waals surface area contributed by atoms with E-state index in [9.17, 15) is 0 Å². The molecule has 2 aliphatic rings. The second-order valence-corrected chi connectivity index (χ2v) is 6.28. The standard InChI is InChI=1S/C15H26/c1-10(2)13-8-6-12(4)14-7-5-11(3)9-15(13)14/h6,10-11,13-15H,5,7-9H2,1-4H3/t11?,13-,14-,15-/m1/s1. The fraction of sp³-hybridized carbons (Fsp3) is 0.867. The van der Waals surface area contributed by atoms with E-state index in [4.69, 9.17) is 0 Å². The maximum absolute atomic E-state index is 2.53. The van der Waals surface area contributed by atoms with Gasteiger partial charge in [-0.15, -0.1) is 0 Å². The van der Waals surface area contributed by atoms with Crippen LogP contribution in [0.1, 0.15) is 53.4 Å². The van der Waals surface area contributed by atoms with Gasteiger partial charge in [0.05, 0.1) is 0 Å². The van der Waals surface area contributed by atoms with Crippen LogP contribution in [-0.4, -0.2) is 0 Å². The smallest absolute Gasteiger partial charge is 0.0175 e. The Morgan fingerprint density at radius 3 is 2.67 bits per heavy atom. The molecule has 0 radical (unpaired) electrons. The van der Waals surface area contributed by atoms with Crippen LogP contribution in [0.25, 0.3) is 0 Å². The zero-order chi connectivity index (χ0) is 11.0. The third-order valence-corrected chi connectivity index (χ3v) is 4.86. The first-order valence-electron chi connectivity index (χ1n) is 6.76. The van der Waals surface area contributed by atoms with E-state index in [-0.39, 0.29) is 0 Å². The lowest BCUT2D eigenvalue weighted by molar-refractivity contribution is 0.108. The summed E-state index contributed by atoms with van der Waals surface area (Å²) in [4.78, 5) is 0. The first-order chi connectivity index (χ1) is 7.09. The first-order valence-corrected chi connectivity index (χ1v) is 6.76. The van der Waals surface area contributed by atoms with Gasteiger partial charge in [0.2, 0.25) is 0 Å². The van der Waals surface area contributed by atoms with Gasteiger partial charge < -0.3 is 0 Å². The maximum Gasteiger partial charge on any atom is -0.0175 e. The lowest BCUT2D eigenvalue weighted by Crippen LogP contribution is -2.35. The second kappa shape index (κ2) is 4.31. The molecule has 0 aromatic carbocycles. The van der Waals surface area contributed by atoms with Crippen LogP contribution in [0.5, 0.6) is 0 Å². The lowest BCUT2D eigenvalue weighted by Gasteiger charge is -2.44. The molecule has 0 heterocycles. The molecule has 1 unspecified atom stereocenters. The van der Waals surface area contributed by atoms with Crippen LogP contribution in [0.3, 0.4) is 0 Å². The van der Waals surface area contributed by atoms with Gasteiger partial charge in [-0.3, -0.25) is 0 Å². The van der Waals surface area contributed by atoms with Gasteiger partial charge in [-0.25, -0.2) is 0 Å². The highest BCUT2D eigenvalue weighted by molar-refractivity contribution is 5.12. The van der Waals surface area contributed by atoms with Gasteiger partial charge in [-0.05, 0) is 55.8 Å². The van der Waals surface area contributed by atoms with Crippen LogP contribution in [-0.2, 0) is 0 Å². The molecular formula is C15H26. The van der Waals surface area contributed by atoms with Crippen molar-refractivity contribution in [3.63, 3.8) is 0 Å². The predicted molar refractivity (Wildman–Crippen MR) is 66.7 cm³/mol. The zero-order valence-electron chi connectivity index (χ0n) is 10.8. The van der Waals surface area contributed by atoms with Crippen molar-refractivity contribution in [2.45, 2.75) is 53.4 Å². The molecule has 0 aromatic heterocycles. The monoisotopic (exact) mass is 206 g/mol. The van der Waals surface area contributed by atoms with Crippen LogP contribution in [0.4, 0.5) is 0 Å². The fourth-order valence-corrected chi connectivity index (χ4v) is 3.88. The van der Waals surface area contributed by atoms with E-state index >= 15 is 0 Å². The molecule has 4 atom stereocenters. The summed E-state index contributed by atoms with van der Waals surface area (Å²) in [6.07, 6.45) is 8.27. The number of fused-ring (bicyclic) bond motifs is 1. The van der Waals surface area contributed by atoms with Crippen molar-refractivity contribution < 1.29 is 0 Å². The minimum absolute atomic E-state index is 0.868. The molecule has 0 saturated heterocycles. The van der Waals surface area contributed by atoms with Crippen molar-refractivity contribution in [2.24, 2.45) is 29.6 Å². The van der Waals surface area contributed by atoms with Crippen LogP contribution in [0.15, 0.2) is 11.6 Å². The van der Waals surface area contributed by atoms with E-state index < -0.39 is 0 Å². The topological polar surface area (TPSA) is 0 Å². The van der Waals surface area contributed by atoms with E-state index in [1.165, 1.54) is 25.7 Å². The largest absolute Gasteiger partial charge is 0.0850 e. The average Bonchev–Trinajstić information content (AvgIpc) is 2.17. The summed E-state index contributed by atoms with van der Waals surface area (Å²) in [5, 5.41) is 0. The number of allylic oxidation sites excluding steroid dienone is 2. The molecule has 86 valence electrons. The highest BCUT2D eigenvalue weighted by atomic mass is 14.4. The Morgan fingerprint density at radius 1 is 1.27 bits per heavy atom. The molecule has 0 aliphatic heterocycles. The van der Waals surface area contributed by atoms with Crippen molar-refractivity contribution in [3.8, 4) is 0 Å². The normalized spacial score (nSPS) is 41.3. The van der Waals surface area contributed by atoms with Crippen LogP contribution >= 0.6 is 0 Å². The maximum atomic E-state index is 2.53. The van der Waals surface area contributed by atoms with Crippen LogP contribution < -0.4 is 0 Å². The summed E-state index contributed by atoms with van der Waals surface area (Å²) in [5.74, 6) is 4.73. The Bertz CT molecular complexity index is 249. The van der Waals surface area contributed by atoms with E-state index in [1.54, 1.807) is 5.57 Å². The molecule has 2 aliphatic carbocycles. The summed E-state index contributed by atoms with van der Waals surface area (Å²) in [5.41, 5.74) is 1.70. The molecular weight excluding hydrogens is 180 g/mol. The number of rotatable bonds is 1. The molecule has 2 rings (SSSR count). The number of hydrogen-bond donors (Lipinski definition) is 0. The Labute approximate surface area is 95.1 Å². The summed E-state index contributed by atoms with van der Waals surface area (Å²) in [7, 11) is 0. The fourth-order valence-electron chi connectivity index (χ4n) is 3.88. The van der Waals surface area contributed by atoms with Crippen molar-refractivity contribution in [3.05, 3.63) is 11.6 Å². The third-order valence-electron chi connectivity index (χ3n) is 4.86. The van der Waals surface area contributed by atoms with Crippen molar-refractivity contribution in [1.82, 2.24) is 0 Å². The molecule has 15 heavy (non-hydrogen) atoms. The molecule has 1 fully saturated rings. The zero-order valence-corrected chi connectivity index (χ0v) is 10.8. The molecule has 0 bridgehead atoms. The van der Waals surface area contributed by atoms with E-state index in [2.05, 4.69) is 33.8 Å². The average molecular weight is 206 g/mol. The first kappa shape index (κ1) is 11.2. The molecule has 0 aromatic rings. The lowest BCUT2D eigenvalue weighted by atomic mass is 9.61. The van der Waals surface area contributed by atoms with Gasteiger partial charge in [0, 0.05) is 0 Å². The Hall–Kier alpha value is -0.260. The SMILES string of the molecule is CC1=CC[C@H](C(C)C)[C@H]2CC(C)CC[C@H]12. The van der Waals surface area contributed by atoms with Crippen molar-refractivity contribution in [2.75, 3.05) is 0 Å². The summed E-state index contributed by atoms with van der Waals surface area (Å²) < 4.78 is 0. The molecule has 0 nitrogen and oxygen atoms in total. The Balaban J connectivity index is 2.18.